The highest BCUT2D eigenvalue weighted by atomic mass is 16.6. The number of methoxy groups -OCH3 is 1. The van der Waals surface area contributed by atoms with Crippen molar-refractivity contribution in [3.63, 3.8) is 0 Å². The van der Waals surface area contributed by atoms with Crippen molar-refractivity contribution in [3.05, 3.63) is 57.8 Å². The van der Waals surface area contributed by atoms with Gasteiger partial charge in [0.25, 0.3) is 5.69 Å². The van der Waals surface area contributed by atoms with Crippen LogP contribution in [0.4, 0.5) is 5.69 Å². The first kappa shape index (κ1) is 19.0. The van der Waals surface area contributed by atoms with Crippen LogP contribution in [0.1, 0.15) is 34.6 Å². The number of para-hydroxylation sites is 1. The third kappa shape index (κ3) is 4.21. The fourth-order valence-electron chi connectivity index (χ4n) is 2.22. The second-order valence-electron chi connectivity index (χ2n) is 5.88. The van der Waals surface area contributed by atoms with Crippen molar-refractivity contribution in [3.8, 4) is 11.3 Å². The van der Waals surface area contributed by atoms with Gasteiger partial charge in [0.15, 0.2) is 0 Å². The van der Waals surface area contributed by atoms with E-state index in [1.807, 2.05) is 13.8 Å². The van der Waals surface area contributed by atoms with Gasteiger partial charge >= 0.3 is 11.9 Å². The molecule has 2 aromatic rings. The van der Waals surface area contributed by atoms with Crippen molar-refractivity contribution in [1.29, 1.82) is 0 Å². The van der Waals surface area contributed by atoms with Gasteiger partial charge in [0.2, 0.25) is 0 Å². The molecule has 0 aliphatic rings. The highest BCUT2D eigenvalue weighted by Crippen LogP contribution is 2.31. The molecule has 0 saturated carbocycles. The van der Waals surface area contributed by atoms with Crippen LogP contribution in [-0.2, 0) is 9.47 Å². The van der Waals surface area contributed by atoms with Gasteiger partial charge in [0, 0.05) is 12.3 Å². The van der Waals surface area contributed by atoms with Gasteiger partial charge in [-0.3, -0.25) is 15.1 Å². The summed E-state index contributed by atoms with van der Waals surface area (Å²) in [5, 5.41) is 11.3. The van der Waals surface area contributed by atoms with Gasteiger partial charge in [0.05, 0.1) is 41.0 Å². The molecule has 1 heterocycles. The van der Waals surface area contributed by atoms with Crippen LogP contribution in [0.5, 0.6) is 0 Å². The number of rotatable bonds is 6. The zero-order valence-electron chi connectivity index (χ0n) is 14.6. The number of benzene rings is 1. The zero-order chi connectivity index (χ0) is 19.3. The minimum absolute atomic E-state index is 0.0548. The summed E-state index contributed by atoms with van der Waals surface area (Å²) in [4.78, 5) is 39.1. The number of nitro benzene ring substituents is 1. The number of hydrogen-bond acceptors (Lipinski definition) is 7. The first-order chi connectivity index (χ1) is 12.3. The standard InChI is InChI=1S/C18H18N2O6/c1-11(2)10-26-17(21)12-8-14(18(22)25-3)16(19-9-12)13-6-4-5-7-15(13)20(23)24/h4-9,11H,10H2,1-3H3. The average Bonchev–Trinajstić information content (AvgIpc) is 2.64. The predicted molar refractivity (Wildman–Crippen MR) is 92.8 cm³/mol. The summed E-state index contributed by atoms with van der Waals surface area (Å²) in [5.41, 5.74) is 0.0130. The quantitative estimate of drug-likeness (QED) is 0.443. The molecule has 0 saturated heterocycles. The van der Waals surface area contributed by atoms with E-state index in [-0.39, 0.29) is 40.6 Å². The Morgan fingerprint density at radius 3 is 2.54 bits per heavy atom. The molecule has 2 rings (SSSR count). The smallest absolute Gasteiger partial charge is 0.340 e. The molecule has 8 heteroatoms. The van der Waals surface area contributed by atoms with E-state index in [9.17, 15) is 19.7 Å². The number of carbonyl (C=O) groups excluding carboxylic acids is 2. The topological polar surface area (TPSA) is 109 Å². The maximum atomic E-state index is 12.1. The monoisotopic (exact) mass is 358 g/mol. The molecule has 0 aliphatic carbocycles. The van der Waals surface area contributed by atoms with Crippen LogP contribution < -0.4 is 0 Å². The molecule has 0 atom stereocenters. The normalized spacial score (nSPS) is 10.5. The molecule has 0 unspecified atom stereocenters. The Bertz CT molecular complexity index is 847. The molecular formula is C18H18N2O6. The average molecular weight is 358 g/mol. The second-order valence-corrected chi connectivity index (χ2v) is 5.88. The van der Waals surface area contributed by atoms with Crippen LogP contribution in [0.25, 0.3) is 11.3 Å². The molecule has 0 N–H and O–H groups in total. The summed E-state index contributed by atoms with van der Waals surface area (Å²) in [6.45, 7) is 4.00. The van der Waals surface area contributed by atoms with Gasteiger partial charge in [-0.25, -0.2) is 9.59 Å². The summed E-state index contributed by atoms with van der Waals surface area (Å²) < 4.78 is 9.86. The fourth-order valence-corrected chi connectivity index (χ4v) is 2.22. The molecule has 1 aromatic heterocycles. The molecule has 0 spiro atoms. The van der Waals surface area contributed by atoms with Crippen LogP contribution in [0.2, 0.25) is 0 Å². The van der Waals surface area contributed by atoms with Crippen molar-refractivity contribution in [1.82, 2.24) is 4.98 Å². The highest BCUT2D eigenvalue weighted by molar-refractivity contribution is 6.00. The van der Waals surface area contributed by atoms with E-state index in [0.29, 0.717) is 0 Å². The maximum absolute atomic E-state index is 12.1. The Morgan fingerprint density at radius 2 is 1.92 bits per heavy atom. The molecular weight excluding hydrogens is 340 g/mol. The van der Waals surface area contributed by atoms with Crippen molar-refractivity contribution in [2.45, 2.75) is 13.8 Å². The van der Waals surface area contributed by atoms with Crippen molar-refractivity contribution in [2.24, 2.45) is 5.92 Å². The molecule has 0 bridgehead atoms. The van der Waals surface area contributed by atoms with Gasteiger partial charge in [-0.05, 0) is 18.1 Å². The molecule has 0 fully saturated rings. The van der Waals surface area contributed by atoms with Crippen molar-refractivity contribution in [2.75, 3.05) is 13.7 Å². The lowest BCUT2D eigenvalue weighted by molar-refractivity contribution is -0.384. The fraction of sp³-hybridized carbons (Fsp3) is 0.278. The molecule has 26 heavy (non-hydrogen) atoms. The van der Waals surface area contributed by atoms with E-state index in [4.69, 9.17) is 9.47 Å². The second kappa shape index (κ2) is 8.19. The first-order valence-corrected chi connectivity index (χ1v) is 7.84. The zero-order valence-corrected chi connectivity index (χ0v) is 14.6. The summed E-state index contributed by atoms with van der Waals surface area (Å²) in [7, 11) is 1.18. The number of esters is 2. The van der Waals surface area contributed by atoms with Crippen LogP contribution in [0, 0.1) is 16.0 Å². The number of hydrogen-bond donors (Lipinski definition) is 0. The number of aromatic nitrogens is 1. The Hall–Kier alpha value is -3.29. The Kier molecular flexibility index (Phi) is 6.00. The highest BCUT2D eigenvalue weighted by Gasteiger charge is 2.24. The minimum atomic E-state index is -0.760. The molecule has 0 radical (unpaired) electrons. The van der Waals surface area contributed by atoms with Crippen LogP contribution in [0.15, 0.2) is 36.5 Å². The number of nitrogens with zero attached hydrogens (tertiary/aromatic N) is 2. The van der Waals surface area contributed by atoms with E-state index in [0.717, 1.165) is 0 Å². The first-order valence-electron chi connectivity index (χ1n) is 7.84. The number of ether oxygens (including phenoxy) is 2. The van der Waals surface area contributed by atoms with Gasteiger partial charge < -0.3 is 9.47 Å². The van der Waals surface area contributed by atoms with Crippen LogP contribution in [-0.4, -0.2) is 35.6 Å². The number of carbonyl (C=O) groups is 2. The van der Waals surface area contributed by atoms with Gasteiger partial charge in [-0.1, -0.05) is 26.0 Å². The lowest BCUT2D eigenvalue weighted by atomic mass is 10.0. The van der Waals surface area contributed by atoms with Crippen molar-refractivity contribution < 1.29 is 24.0 Å². The van der Waals surface area contributed by atoms with Crippen molar-refractivity contribution >= 4 is 17.6 Å². The van der Waals surface area contributed by atoms with E-state index < -0.39 is 16.9 Å². The lowest BCUT2D eigenvalue weighted by Gasteiger charge is -2.11. The lowest BCUT2D eigenvalue weighted by Crippen LogP contribution is -2.13. The SMILES string of the molecule is COC(=O)c1cc(C(=O)OCC(C)C)cnc1-c1ccccc1[N+](=O)[O-]. The number of pyridine rings is 1. The Balaban J connectivity index is 2.53. The molecule has 8 nitrogen and oxygen atoms in total. The van der Waals surface area contributed by atoms with E-state index in [1.54, 1.807) is 6.07 Å². The van der Waals surface area contributed by atoms with Gasteiger partial charge in [-0.15, -0.1) is 0 Å². The summed E-state index contributed by atoms with van der Waals surface area (Å²) in [6.07, 6.45) is 1.22. The third-order valence-corrected chi connectivity index (χ3v) is 3.43. The van der Waals surface area contributed by atoms with E-state index in [1.165, 1.54) is 37.6 Å². The molecule has 0 aliphatic heterocycles. The largest absolute Gasteiger partial charge is 0.465 e. The molecule has 136 valence electrons. The summed E-state index contributed by atoms with van der Waals surface area (Å²) in [6, 6.07) is 7.16. The molecule has 1 aromatic carbocycles. The Morgan fingerprint density at radius 1 is 1.23 bits per heavy atom. The van der Waals surface area contributed by atoms with E-state index >= 15 is 0 Å². The Labute approximate surface area is 149 Å². The number of nitro groups is 1. The van der Waals surface area contributed by atoms with Crippen LogP contribution >= 0.6 is 0 Å². The summed E-state index contributed by atoms with van der Waals surface area (Å²) in [5.74, 6) is -1.24. The minimum Gasteiger partial charge on any atom is -0.465 e. The van der Waals surface area contributed by atoms with Gasteiger partial charge in [0.1, 0.15) is 0 Å². The van der Waals surface area contributed by atoms with E-state index in [2.05, 4.69) is 4.98 Å². The van der Waals surface area contributed by atoms with Crippen LogP contribution in [0.3, 0.4) is 0 Å². The summed E-state index contributed by atoms with van der Waals surface area (Å²) >= 11 is 0. The third-order valence-electron chi connectivity index (χ3n) is 3.43. The molecule has 0 amide bonds. The predicted octanol–water partition coefficient (Wildman–Crippen LogP) is 3.26. The maximum Gasteiger partial charge on any atom is 0.340 e. The van der Waals surface area contributed by atoms with Gasteiger partial charge in [-0.2, -0.15) is 0 Å².